The van der Waals surface area contributed by atoms with E-state index in [4.69, 9.17) is 4.84 Å². The molecule has 0 bridgehead atoms. The fourth-order valence-electron chi connectivity index (χ4n) is 0.986. The monoisotopic (exact) mass is 121 g/mol. The molecule has 0 spiro atoms. The van der Waals surface area contributed by atoms with Crippen LogP contribution in [0.2, 0.25) is 0 Å². The van der Waals surface area contributed by atoms with Crippen LogP contribution in [0, 0.1) is 0 Å². The minimum atomic E-state index is 0.176. The highest BCUT2D eigenvalue weighted by Gasteiger charge is 2.27. The first-order valence-electron chi connectivity index (χ1n) is 2.96. The summed E-state index contributed by atoms with van der Waals surface area (Å²) in [6, 6.07) is 0. The summed E-state index contributed by atoms with van der Waals surface area (Å²) in [4.78, 5) is 4.92. The highest BCUT2D eigenvalue weighted by Crippen LogP contribution is 2.21. The van der Waals surface area contributed by atoms with Gasteiger partial charge in [-0.3, -0.25) is 0 Å². The summed E-state index contributed by atoms with van der Waals surface area (Å²) in [6.07, 6.45) is 6.19. The predicted octanol–water partition coefficient (Wildman–Crippen LogP) is 1.26. The van der Waals surface area contributed by atoms with Gasteiger partial charge in [0, 0.05) is 0 Å². The van der Waals surface area contributed by atoms with Crippen molar-refractivity contribution in [2.75, 3.05) is 0 Å². The predicted molar refractivity (Wildman–Crippen MR) is 35.2 cm³/mol. The SMILES string of the molecule is CC1=CC=CC2=NOC12. The molecular formula is C7H7NO. The Hall–Kier alpha value is -1.05. The lowest BCUT2D eigenvalue weighted by Gasteiger charge is -2.25. The zero-order chi connectivity index (χ0) is 6.27. The van der Waals surface area contributed by atoms with Crippen molar-refractivity contribution in [1.82, 2.24) is 0 Å². The van der Waals surface area contributed by atoms with E-state index in [1.54, 1.807) is 0 Å². The smallest absolute Gasteiger partial charge is 0.193 e. The Labute approximate surface area is 53.5 Å². The molecule has 0 radical (unpaired) electrons. The maximum Gasteiger partial charge on any atom is 0.193 e. The Balaban J connectivity index is 2.38. The van der Waals surface area contributed by atoms with Crippen LogP contribution in [-0.2, 0) is 4.84 Å². The van der Waals surface area contributed by atoms with E-state index in [2.05, 4.69) is 5.16 Å². The summed E-state index contributed by atoms with van der Waals surface area (Å²) in [5.74, 6) is 0. The van der Waals surface area contributed by atoms with Gasteiger partial charge in [-0.05, 0) is 18.6 Å². The van der Waals surface area contributed by atoms with Crippen LogP contribution in [-0.4, -0.2) is 11.8 Å². The van der Waals surface area contributed by atoms with Crippen molar-refractivity contribution in [3.8, 4) is 0 Å². The van der Waals surface area contributed by atoms with Crippen LogP contribution >= 0.6 is 0 Å². The lowest BCUT2D eigenvalue weighted by atomic mass is 10.0. The van der Waals surface area contributed by atoms with Gasteiger partial charge in [-0.25, -0.2) is 0 Å². The number of fused-ring (bicyclic) bond motifs is 1. The van der Waals surface area contributed by atoms with Gasteiger partial charge >= 0.3 is 0 Å². The van der Waals surface area contributed by atoms with Crippen molar-refractivity contribution in [2.45, 2.75) is 13.0 Å². The molecule has 1 heterocycles. The van der Waals surface area contributed by atoms with Crippen LogP contribution in [0.15, 0.2) is 29.0 Å². The van der Waals surface area contributed by atoms with E-state index < -0.39 is 0 Å². The lowest BCUT2D eigenvalue weighted by Crippen LogP contribution is -2.32. The number of oxime groups is 1. The van der Waals surface area contributed by atoms with Gasteiger partial charge in [-0.15, -0.1) is 0 Å². The molecule has 2 rings (SSSR count). The summed E-state index contributed by atoms with van der Waals surface area (Å²) < 4.78 is 0. The van der Waals surface area contributed by atoms with E-state index in [1.165, 1.54) is 5.57 Å². The Morgan fingerprint density at radius 2 is 2.56 bits per heavy atom. The Kier molecular flexibility index (Phi) is 0.781. The van der Waals surface area contributed by atoms with Crippen LogP contribution < -0.4 is 0 Å². The number of nitrogens with zero attached hydrogens (tertiary/aromatic N) is 1. The minimum Gasteiger partial charge on any atom is -0.381 e. The van der Waals surface area contributed by atoms with E-state index in [0.29, 0.717) is 0 Å². The third-order valence-electron chi connectivity index (χ3n) is 1.57. The molecule has 2 nitrogen and oxygen atoms in total. The second-order valence-electron chi connectivity index (χ2n) is 2.27. The van der Waals surface area contributed by atoms with Crippen LogP contribution in [0.25, 0.3) is 0 Å². The molecule has 0 fully saturated rings. The minimum absolute atomic E-state index is 0.176. The molecule has 1 atom stereocenters. The first-order valence-corrected chi connectivity index (χ1v) is 2.96. The quantitative estimate of drug-likeness (QED) is 0.472. The summed E-state index contributed by atoms with van der Waals surface area (Å²) in [5.41, 5.74) is 2.29. The average molecular weight is 121 g/mol. The normalized spacial score (nSPS) is 29.2. The highest BCUT2D eigenvalue weighted by atomic mass is 16.7. The second kappa shape index (κ2) is 1.47. The molecule has 1 aliphatic heterocycles. The van der Waals surface area contributed by atoms with E-state index in [9.17, 15) is 0 Å². The highest BCUT2D eigenvalue weighted by molar-refractivity contribution is 6.03. The maximum absolute atomic E-state index is 4.92. The van der Waals surface area contributed by atoms with Gasteiger partial charge in [0.05, 0.1) is 0 Å². The largest absolute Gasteiger partial charge is 0.381 e. The van der Waals surface area contributed by atoms with Crippen LogP contribution in [0.5, 0.6) is 0 Å². The first kappa shape index (κ1) is 4.79. The molecule has 0 aromatic heterocycles. The summed E-state index contributed by atoms with van der Waals surface area (Å²) in [7, 11) is 0. The zero-order valence-corrected chi connectivity index (χ0v) is 5.16. The molecule has 1 aliphatic carbocycles. The zero-order valence-electron chi connectivity index (χ0n) is 5.16. The van der Waals surface area contributed by atoms with Crippen molar-refractivity contribution >= 4 is 5.71 Å². The molecule has 46 valence electrons. The molecule has 9 heavy (non-hydrogen) atoms. The summed E-state index contributed by atoms with van der Waals surface area (Å²) in [5, 5.41) is 3.73. The van der Waals surface area contributed by atoms with Gasteiger partial charge in [-0.1, -0.05) is 17.3 Å². The Morgan fingerprint density at radius 3 is 3.00 bits per heavy atom. The van der Waals surface area contributed by atoms with E-state index in [-0.39, 0.29) is 6.10 Å². The summed E-state index contributed by atoms with van der Waals surface area (Å²) in [6.45, 7) is 2.04. The van der Waals surface area contributed by atoms with Gasteiger partial charge in [0.15, 0.2) is 6.10 Å². The molecule has 2 aliphatic rings. The second-order valence-corrected chi connectivity index (χ2v) is 2.27. The summed E-state index contributed by atoms with van der Waals surface area (Å²) >= 11 is 0. The standard InChI is InChI=1S/C7H7NO/c1-5-3-2-4-6-7(5)9-8-6/h2-4,7H,1H3. The molecule has 0 N–H and O–H groups in total. The topological polar surface area (TPSA) is 21.6 Å². The van der Waals surface area contributed by atoms with Crippen molar-refractivity contribution in [3.05, 3.63) is 23.8 Å². The van der Waals surface area contributed by atoms with Gasteiger partial charge in [0.2, 0.25) is 0 Å². The number of rotatable bonds is 0. The van der Waals surface area contributed by atoms with E-state index in [0.717, 1.165) is 5.71 Å². The number of hydrogen-bond acceptors (Lipinski definition) is 2. The van der Waals surface area contributed by atoms with E-state index in [1.807, 2.05) is 25.2 Å². The Bertz CT molecular complexity index is 225. The van der Waals surface area contributed by atoms with Gasteiger partial charge < -0.3 is 4.84 Å². The number of allylic oxidation sites excluding steroid dienone is 2. The lowest BCUT2D eigenvalue weighted by molar-refractivity contribution is 0.0854. The molecule has 0 aromatic rings. The van der Waals surface area contributed by atoms with Crippen molar-refractivity contribution in [2.24, 2.45) is 5.16 Å². The first-order chi connectivity index (χ1) is 4.38. The fourth-order valence-corrected chi connectivity index (χ4v) is 0.986. The molecule has 0 saturated heterocycles. The molecule has 0 amide bonds. The van der Waals surface area contributed by atoms with E-state index >= 15 is 0 Å². The third-order valence-corrected chi connectivity index (χ3v) is 1.57. The fraction of sp³-hybridized carbons (Fsp3) is 0.286. The third kappa shape index (κ3) is 0.529. The van der Waals surface area contributed by atoms with Crippen molar-refractivity contribution in [1.29, 1.82) is 0 Å². The molecule has 0 aromatic carbocycles. The Morgan fingerprint density at radius 1 is 1.67 bits per heavy atom. The molecular weight excluding hydrogens is 114 g/mol. The number of hydrogen-bond donors (Lipinski definition) is 0. The van der Waals surface area contributed by atoms with Crippen molar-refractivity contribution in [3.63, 3.8) is 0 Å². The average Bonchev–Trinajstić information content (AvgIpc) is 1.74. The van der Waals surface area contributed by atoms with Crippen LogP contribution in [0.4, 0.5) is 0 Å². The molecule has 2 heteroatoms. The van der Waals surface area contributed by atoms with Crippen LogP contribution in [0.1, 0.15) is 6.92 Å². The van der Waals surface area contributed by atoms with Gasteiger partial charge in [0.1, 0.15) is 5.71 Å². The molecule has 1 unspecified atom stereocenters. The van der Waals surface area contributed by atoms with Gasteiger partial charge in [-0.2, -0.15) is 0 Å². The molecule has 0 saturated carbocycles. The van der Waals surface area contributed by atoms with Gasteiger partial charge in [0.25, 0.3) is 0 Å². The van der Waals surface area contributed by atoms with Crippen LogP contribution in [0.3, 0.4) is 0 Å². The van der Waals surface area contributed by atoms with Crippen molar-refractivity contribution < 1.29 is 4.84 Å². The maximum atomic E-state index is 4.92.